The van der Waals surface area contributed by atoms with Crippen LogP contribution in [0.1, 0.15) is 32.4 Å². The highest BCUT2D eigenvalue weighted by atomic mass is 16.6. The van der Waals surface area contributed by atoms with Gasteiger partial charge in [-0.05, 0) is 5.56 Å². The Kier molecular flexibility index (Phi) is 2.62. The van der Waals surface area contributed by atoms with Gasteiger partial charge in [0.2, 0.25) is 0 Å². The van der Waals surface area contributed by atoms with E-state index in [1.165, 1.54) is 0 Å². The van der Waals surface area contributed by atoms with Gasteiger partial charge in [0.05, 0.1) is 6.04 Å². The lowest BCUT2D eigenvalue weighted by atomic mass is 9.82. The minimum atomic E-state index is -0.325. The topological polar surface area (TPSA) is 38.3 Å². The molecule has 3 nitrogen and oxygen atoms in total. The molecule has 1 aliphatic heterocycles. The number of rotatable bonds is 1. The molecule has 0 bridgehead atoms. The zero-order chi connectivity index (χ0) is 11.8. The molecule has 16 heavy (non-hydrogen) atoms. The molecule has 0 radical (unpaired) electrons. The van der Waals surface area contributed by atoms with Crippen LogP contribution in [-0.4, -0.2) is 12.2 Å². The Hall–Kier alpha value is -1.51. The van der Waals surface area contributed by atoms with Gasteiger partial charge in [0.25, 0.3) is 0 Å². The van der Waals surface area contributed by atoms with Crippen LogP contribution >= 0.6 is 0 Å². The van der Waals surface area contributed by atoms with E-state index < -0.39 is 0 Å². The quantitative estimate of drug-likeness (QED) is 0.788. The van der Waals surface area contributed by atoms with E-state index in [0.717, 1.165) is 5.56 Å². The molecule has 0 aliphatic carbocycles. The number of nitrogens with one attached hydrogen (secondary N) is 1. The molecule has 0 saturated carbocycles. The molecule has 1 aliphatic rings. The van der Waals surface area contributed by atoms with Crippen LogP contribution in [0.2, 0.25) is 0 Å². The normalized spacial score (nSPS) is 25.1. The summed E-state index contributed by atoms with van der Waals surface area (Å²) in [7, 11) is 0. The molecule has 2 rings (SSSR count). The lowest BCUT2D eigenvalue weighted by Gasteiger charge is -2.29. The van der Waals surface area contributed by atoms with Crippen molar-refractivity contribution < 1.29 is 9.53 Å². The van der Waals surface area contributed by atoms with Gasteiger partial charge >= 0.3 is 6.09 Å². The van der Waals surface area contributed by atoms with E-state index >= 15 is 0 Å². The summed E-state index contributed by atoms with van der Waals surface area (Å²) in [5.74, 6) is 0. The number of hydrogen-bond acceptors (Lipinski definition) is 2. The fourth-order valence-corrected chi connectivity index (χ4v) is 2.02. The van der Waals surface area contributed by atoms with Crippen molar-refractivity contribution >= 4 is 6.09 Å². The highest BCUT2D eigenvalue weighted by Crippen LogP contribution is 2.36. The van der Waals surface area contributed by atoms with Crippen molar-refractivity contribution in [3.8, 4) is 0 Å². The summed E-state index contributed by atoms with van der Waals surface area (Å²) in [6.07, 6.45) is -0.448. The third-order valence-electron chi connectivity index (χ3n) is 2.82. The fraction of sp³-hybridized carbons (Fsp3) is 0.462. The van der Waals surface area contributed by atoms with Crippen LogP contribution in [0.25, 0.3) is 0 Å². The van der Waals surface area contributed by atoms with E-state index in [0.29, 0.717) is 0 Å². The molecule has 2 atom stereocenters. The maximum Gasteiger partial charge on any atom is 0.408 e. The maximum absolute atomic E-state index is 11.4. The molecule has 1 aromatic carbocycles. The summed E-state index contributed by atoms with van der Waals surface area (Å²) in [6.45, 7) is 6.23. The molecule has 1 aromatic rings. The first-order valence-electron chi connectivity index (χ1n) is 5.50. The number of ether oxygens (including phenoxy) is 1. The Morgan fingerprint density at radius 3 is 2.38 bits per heavy atom. The number of alkyl carbamates (subject to hydrolysis) is 1. The molecule has 1 N–H and O–H groups in total. The molecule has 0 spiro atoms. The van der Waals surface area contributed by atoms with Crippen molar-refractivity contribution in [1.82, 2.24) is 5.32 Å². The van der Waals surface area contributed by atoms with Crippen molar-refractivity contribution in [2.24, 2.45) is 5.41 Å². The van der Waals surface area contributed by atoms with Crippen molar-refractivity contribution in [3.05, 3.63) is 35.9 Å². The minimum absolute atomic E-state index is 0.0475. The maximum atomic E-state index is 11.4. The van der Waals surface area contributed by atoms with Crippen LogP contribution < -0.4 is 5.32 Å². The van der Waals surface area contributed by atoms with Crippen LogP contribution in [0.3, 0.4) is 0 Å². The molecule has 86 valence electrons. The standard InChI is InChI=1S/C13H17NO2/c1-13(2,3)11-10(14-12(15)16-11)9-7-5-4-6-8-9/h4-8,10-11H,1-3H3,(H,14,15)/t10-,11+/m0/s1. The SMILES string of the molecule is CC(C)(C)[C@@H]1OC(=O)N[C@H]1c1ccccc1. The van der Waals surface area contributed by atoms with Gasteiger partial charge in [-0.15, -0.1) is 0 Å². The first-order chi connectivity index (χ1) is 7.48. The van der Waals surface area contributed by atoms with Gasteiger partial charge in [0, 0.05) is 5.41 Å². The Morgan fingerprint density at radius 1 is 1.19 bits per heavy atom. The van der Waals surface area contributed by atoms with E-state index in [9.17, 15) is 4.79 Å². The molecule has 0 unspecified atom stereocenters. The van der Waals surface area contributed by atoms with Gasteiger partial charge < -0.3 is 10.1 Å². The van der Waals surface area contributed by atoms with Crippen LogP contribution in [-0.2, 0) is 4.74 Å². The first kappa shape index (κ1) is 11.0. The van der Waals surface area contributed by atoms with Crippen molar-refractivity contribution in [1.29, 1.82) is 0 Å². The summed E-state index contributed by atoms with van der Waals surface area (Å²) in [4.78, 5) is 11.4. The number of cyclic esters (lactones) is 1. The summed E-state index contributed by atoms with van der Waals surface area (Å²) in [6, 6.07) is 9.89. The third-order valence-corrected chi connectivity index (χ3v) is 2.82. The largest absolute Gasteiger partial charge is 0.443 e. The van der Waals surface area contributed by atoms with Gasteiger partial charge in [-0.2, -0.15) is 0 Å². The molecular formula is C13H17NO2. The Bertz CT molecular complexity index is 381. The fourth-order valence-electron chi connectivity index (χ4n) is 2.02. The third kappa shape index (κ3) is 2.03. The summed E-state index contributed by atoms with van der Waals surface area (Å²) >= 11 is 0. The zero-order valence-corrected chi connectivity index (χ0v) is 9.86. The average Bonchev–Trinajstić information content (AvgIpc) is 2.61. The lowest BCUT2D eigenvalue weighted by Crippen LogP contribution is -2.33. The van der Waals surface area contributed by atoms with Crippen molar-refractivity contribution in [3.63, 3.8) is 0 Å². The van der Waals surface area contributed by atoms with E-state index in [4.69, 9.17) is 4.74 Å². The van der Waals surface area contributed by atoms with Crippen LogP contribution in [0.5, 0.6) is 0 Å². The van der Waals surface area contributed by atoms with Gasteiger partial charge in [-0.1, -0.05) is 51.1 Å². The second-order valence-electron chi connectivity index (χ2n) is 5.22. The van der Waals surface area contributed by atoms with Crippen LogP contribution in [0.4, 0.5) is 4.79 Å². The van der Waals surface area contributed by atoms with Crippen molar-refractivity contribution in [2.75, 3.05) is 0 Å². The number of benzene rings is 1. The molecule has 1 heterocycles. The second kappa shape index (κ2) is 3.81. The zero-order valence-electron chi connectivity index (χ0n) is 9.86. The Morgan fingerprint density at radius 2 is 1.81 bits per heavy atom. The van der Waals surface area contributed by atoms with Gasteiger partial charge in [-0.3, -0.25) is 0 Å². The number of hydrogen-bond donors (Lipinski definition) is 1. The van der Waals surface area contributed by atoms with Gasteiger partial charge in [-0.25, -0.2) is 4.79 Å². The summed E-state index contributed by atoms with van der Waals surface area (Å²) < 4.78 is 5.34. The minimum Gasteiger partial charge on any atom is -0.443 e. The van der Waals surface area contributed by atoms with E-state index in [-0.39, 0.29) is 23.7 Å². The summed E-state index contributed by atoms with van der Waals surface area (Å²) in [5, 5.41) is 2.87. The predicted octanol–water partition coefficient (Wildman–Crippen LogP) is 2.88. The average molecular weight is 219 g/mol. The van der Waals surface area contributed by atoms with E-state index in [1.54, 1.807) is 0 Å². The summed E-state index contributed by atoms with van der Waals surface area (Å²) in [5.41, 5.74) is 1.02. The van der Waals surface area contributed by atoms with Crippen LogP contribution in [0.15, 0.2) is 30.3 Å². The van der Waals surface area contributed by atoms with Gasteiger partial charge in [0.1, 0.15) is 6.10 Å². The highest BCUT2D eigenvalue weighted by molar-refractivity contribution is 5.71. The molecule has 3 heteroatoms. The first-order valence-corrected chi connectivity index (χ1v) is 5.50. The number of amides is 1. The predicted molar refractivity (Wildman–Crippen MR) is 62.0 cm³/mol. The molecule has 0 aromatic heterocycles. The molecule has 1 saturated heterocycles. The lowest BCUT2D eigenvalue weighted by molar-refractivity contribution is 0.0558. The number of carbonyl (C=O) groups excluding carboxylic acids is 1. The van der Waals surface area contributed by atoms with Crippen LogP contribution in [0, 0.1) is 5.41 Å². The molecular weight excluding hydrogens is 202 g/mol. The highest BCUT2D eigenvalue weighted by Gasteiger charge is 2.42. The Labute approximate surface area is 95.8 Å². The smallest absolute Gasteiger partial charge is 0.408 e. The monoisotopic (exact) mass is 219 g/mol. The molecule has 1 fully saturated rings. The Balaban J connectivity index is 2.30. The molecule has 1 amide bonds. The van der Waals surface area contributed by atoms with E-state index in [1.807, 2.05) is 30.3 Å². The number of carbonyl (C=O) groups is 1. The second-order valence-corrected chi connectivity index (χ2v) is 5.22. The van der Waals surface area contributed by atoms with E-state index in [2.05, 4.69) is 26.1 Å². The van der Waals surface area contributed by atoms with Crippen molar-refractivity contribution in [2.45, 2.75) is 32.9 Å². The van der Waals surface area contributed by atoms with Gasteiger partial charge in [0.15, 0.2) is 0 Å².